The number of hydrogen-bond donors (Lipinski definition) is 2. The maximum atomic E-state index is 12.0. The topological polar surface area (TPSA) is 44.9 Å². The number of hydrogen-bond acceptors (Lipinski definition) is 1. The van der Waals surface area contributed by atoms with Crippen molar-refractivity contribution in [2.24, 2.45) is 0 Å². The van der Waals surface area contributed by atoms with E-state index in [9.17, 15) is 4.79 Å². The van der Waals surface area contributed by atoms with Crippen LogP contribution in [-0.4, -0.2) is 10.9 Å². The third kappa shape index (κ3) is 1.18. The Balaban J connectivity index is 2.16. The molecule has 80 valence electrons. The van der Waals surface area contributed by atoms with Crippen molar-refractivity contribution in [1.82, 2.24) is 4.98 Å². The van der Waals surface area contributed by atoms with Gasteiger partial charge in [0.15, 0.2) is 0 Å². The largest absolute Gasteiger partial charge is 0.365 e. The maximum Gasteiger partial charge on any atom is 0.236 e. The molecule has 0 radical (unpaired) electrons. The van der Waals surface area contributed by atoms with E-state index in [0.29, 0.717) is 0 Å². The lowest BCUT2D eigenvalue weighted by atomic mass is 9.93. The fourth-order valence-corrected chi connectivity index (χ4v) is 2.29. The highest BCUT2D eigenvalue weighted by Crippen LogP contribution is 2.37. The summed E-state index contributed by atoms with van der Waals surface area (Å²) in [4.78, 5) is 15.1. The molecule has 0 fully saturated rings. The first-order chi connectivity index (χ1) is 7.77. The zero-order chi connectivity index (χ0) is 11.1. The van der Waals surface area contributed by atoms with Crippen LogP contribution in [0.25, 0.3) is 0 Å². The minimum Gasteiger partial charge on any atom is -0.365 e. The summed E-state index contributed by atoms with van der Waals surface area (Å²) in [5.41, 5.74) is 4.10. The zero-order valence-corrected chi connectivity index (χ0v) is 8.95. The van der Waals surface area contributed by atoms with Crippen LogP contribution in [0.15, 0.2) is 36.5 Å². The Morgan fingerprint density at radius 2 is 1.94 bits per heavy atom. The van der Waals surface area contributed by atoms with E-state index < -0.39 is 0 Å². The van der Waals surface area contributed by atoms with Gasteiger partial charge in [-0.15, -0.1) is 0 Å². The lowest BCUT2D eigenvalue weighted by Gasteiger charge is -2.07. The summed E-state index contributed by atoms with van der Waals surface area (Å²) in [6.07, 6.45) is 1.87. The first-order valence-electron chi connectivity index (χ1n) is 5.31. The minimum atomic E-state index is -0.164. The normalized spacial score (nSPS) is 18.3. The summed E-state index contributed by atoms with van der Waals surface area (Å²) in [7, 11) is 0. The second-order valence-electron chi connectivity index (χ2n) is 4.07. The van der Waals surface area contributed by atoms with Crippen LogP contribution >= 0.6 is 0 Å². The van der Waals surface area contributed by atoms with Crippen molar-refractivity contribution in [1.29, 1.82) is 0 Å². The number of amides is 1. The van der Waals surface area contributed by atoms with Gasteiger partial charge in [-0.1, -0.05) is 18.2 Å². The molecule has 3 rings (SSSR count). The van der Waals surface area contributed by atoms with Crippen LogP contribution in [0.3, 0.4) is 0 Å². The summed E-state index contributed by atoms with van der Waals surface area (Å²) < 4.78 is 0. The molecule has 0 saturated heterocycles. The molecule has 0 saturated carbocycles. The summed E-state index contributed by atoms with van der Waals surface area (Å²) in [5.74, 6) is -0.105. The molecule has 2 N–H and O–H groups in total. The lowest BCUT2D eigenvalue weighted by molar-refractivity contribution is -0.116. The van der Waals surface area contributed by atoms with Gasteiger partial charge in [0.1, 0.15) is 0 Å². The third-order valence-electron chi connectivity index (χ3n) is 3.10. The highest BCUT2D eigenvalue weighted by molar-refractivity contribution is 6.05. The van der Waals surface area contributed by atoms with Crippen molar-refractivity contribution in [3.63, 3.8) is 0 Å². The van der Waals surface area contributed by atoms with E-state index >= 15 is 0 Å². The maximum absolute atomic E-state index is 12.0. The second-order valence-corrected chi connectivity index (χ2v) is 4.07. The van der Waals surface area contributed by atoms with Crippen LogP contribution in [-0.2, 0) is 4.79 Å². The molecule has 1 aromatic heterocycles. The average Bonchev–Trinajstić information content (AvgIpc) is 2.81. The first kappa shape index (κ1) is 9.21. The Hall–Kier alpha value is -2.03. The Bertz CT molecular complexity index is 557. The SMILES string of the molecule is Cc1[nH]ccc1C1C(=O)Nc2ccccc21. The molecule has 3 heteroatoms. The number of nitrogens with one attached hydrogen (secondary N) is 2. The number of anilines is 1. The number of aromatic amines is 1. The quantitative estimate of drug-likeness (QED) is 0.749. The van der Waals surface area contributed by atoms with Gasteiger partial charge >= 0.3 is 0 Å². The molecule has 1 atom stereocenters. The number of para-hydroxylation sites is 1. The number of aromatic nitrogens is 1. The molecule has 16 heavy (non-hydrogen) atoms. The Morgan fingerprint density at radius 1 is 1.12 bits per heavy atom. The fraction of sp³-hybridized carbons (Fsp3) is 0.154. The average molecular weight is 212 g/mol. The van der Waals surface area contributed by atoms with Crippen LogP contribution in [0, 0.1) is 6.92 Å². The van der Waals surface area contributed by atoms with Gasteiger partial charge in [-0.25, -0.2) is 0 Å². The van der Waals surface area contributed by atoms with Gasteiger partial charge in [0.2, 0.25) is 5.91 Å². The van der Waals surface area contributed by atoms with Crippen molar-refractivity contribution in [3.8, 4) is 0 Å². The number of carbonyl (C=O) groups excluding carboxylic acids is 1. The monoisotopic (exact) mass is 212 g/mol. The van der Waals surface area contributed by atoms with Crippen molar-refractivity contribution in [3.05, 3.63) is 53.3 Å². The molecule has 1 aromatic carbocycles. The van der Waals surface area contributed by atoms with E-state index in [1.54, 1.807) is 0 Å². The van der Waals surface area contributed by atoms with Crippen molar-refractivity contribution in [2.45, 2.75) is 12.8 Å². The lowest BCUT2D eigenvalue weighted by Crippen LogP contribution is -2.13. The number of rotatable bonds is 1. The Labute approximate surface area is 93.5 Å². The molecular formula is C13H12N2O. The highest BCUT2D eigenvalue weighted by atomic mass is 16.2. The molecule has 1 amide bonds. The van der Waals surface area contributed by atoms with Gasteiger partial charge in [0.25, 0.3) is 0 Å². The summed E-state index contributed by atoms with van der Waals surface area (Å²) in [6, 6.07) is 9.82. The van der Waals surface area contributed by atoms with Gasteiger partial charge < -0.3 is 10.3 Å². The predicted octanol–water partition coefficient (Wildman–Crippen LogP) is 2.41. The number of aryl methyl sites for hydroxylation is 1. The van der Waals surface area contributed by atoms with E-state index in [1.807, 2.05) is 43.5 Å². The van der Waals surface area contributed by atoms with Crippen molar-refractivity contribution < 1.29 is 4.79 Å². The van der Waals surface area contributed by atoms with Gasteiger partial charge in [0, 0.05) is 17.6 Å². The van der Waals surface area contributed by atoms with E-state index in [-0.39, 0.29) is 11.8 Å². The van der Waals surface area contributed by atoms with Crippen LogP contribution in [0.1, 0.15) is 22.7 Å². The van der Waals surface area contributed by atoms with E-state index in [2.05, 4.69) is 10.3 Å². The number of carbonyl (C=O) groups is 1. The number of fused-ring (bicyclic) bond motifs is 1. The molecule has 1 aliphatic rings. The van der Waals surface area contributed by atoms with Crippen LogP contribution in [0.4, 0.5) is 5.69 Å². The smallest absolute Gasteiger partial charge is 0.236 e. The van der Waals surface area contributed by atoms with Crippen LogP contribution in [0.5, 0.6) is 0 Å². The molecule has 0 aliphatic carbocycles. The minimum absolute atomic E-state index is 0.0592. The predicted molar refractivity (Wildman–Crippen MR) is 62.4 cm³/mol. The summed E-state index contributed by atoms with van der Waals surface area (Å²) >= 11 is 0. The molecule has 2 aromatic rings. The van der Waals surface area contributed by atoms with Crippen molar-refractivity contribution >= 4 is 11.6 Å². The van der Waals surface area contributed by atoms with Crippen molar-refractivity contribution in [2.75, 3.05) is 5.32 Å². The van der Waals surface area contributed by atoms with Gasteiger partial charge in [-0.05, 0) is 30.2 Å². The summed E-state index contributed by atoms with van der Waals surface area (Å²) in [6.45, 7) is 1.99. The molecule has 0 spiro atoms. The number of H-pyrrole nitrogens is 1. The van der Waals surface area contributed by atoms with E-state index in [4.69, 9.17) is 0 Å². The zero-order valence-electron chi connectivity index (χ0n) is 8.95. The molecular weight excluding hydrogens is 200 g/mol. The van der Waals surface area contributed by atoms with Gasteiger partial charge in [-0.3, -0.25) is 4.79 Å². The molecule has 0 bridgehead atoms. The molecule has 1 aliphatic heterocycles. The third-order valence-corrected chi connectivity index (χ3v) is 3.10. The standard InChI is InChI=1S/C13H12N2O/c1-8-9(6-7-14-8)12-10-4-2-3-5-11(10)15-13(12)16/h2-7,12,14H,1H3,(H,15,16). The summed E-state index contributed by atoms with van der Waals surface area (Å²) in [5, 5.41) is 2.91. The molecule has 3 nitrogen and oxygen atoms in total. The van der Waals surface area contributed by atoms with Crippen LogP contribution in [0.2, 0.25) is 0 Å². The van der Waals surface area contributed by atoms with Gasteiger partial charge in [-0.2, -0.15) is 0 Å². The Morgan fingerprint density at radius 3 is 2.69 bits per heavy atom. The van der Waals surface area contributed by atoms with E-state index in [0.717, 1.165) is 22.5 Å². The Kier molecular flexibility index (Phi) is 1.86. The molecule has 2 heterocycles. The number of benzene rings is 1. The fourth-order valence-electron chi connectivity index (χ4n) is 2.29. The second kappa shape index (κ2) is 3.23. The first-order valence-corrected chi connectivity index (χ1v) is 5.31. The molecule has 1 unspecified atom stereocenters. The van der Waals surface area contributed by atoms with E-state index in [1.165, 1.54) is 0 Å². The van der Waals surface area contributed by atoms with Gasteiger partial charge in [0.05, 0.1) is 5.92 Å². The highest BCUT2D eigenvalue weighted by Gasteiger charge is 2.32. The van der Waals surface area contributed by atoms with Crippen LogP contribution < -0.4 is 5.32 Å².